The molecule has 1 aliphatic carbocycles. The van der Waals surface area contributed by atoms with Crippen molar-refractivity contribution in [2.24, 2.45) is 5.92 Å². The highest BCUT2D eigenvalue weighted by molar-refractivity contribution is 5.95. The van der Waals surface area contributed by atoms with Crippen LogP contribution in [-0.2, 0) is 11.2 Å². The van der Waals surface area contributed by atoms with Crippen molar-refractivity contribution in [1.29, 1.82) is 0 Å². The summed E-state index contributed by atoms with van der Waals surface area (Å²) in [6.45, 7) is 5.54. The summed E-state index contributed by atoms with van der Waals surface area (Å²) < 4.78 is 0. The van der Waals surface area contributed by atoms with Crippen LogP contribution < -0.4 is 16.0 Å². The van der Waals surface area contributed by atoms with Crippen LogP contribution in [0.5, 0.6) is 0 Å². The summed E-state index contributed by atoms with van der Waals surface area (Å²) in [6.07, 6.45) is 5.02. The van der Waals surface area contributed by atoms with Gasteiger partial charge in [0, 0.05) is 24.7 Å². The van der Waals surface area contributed by atoms with Crippen LogP contribution in [-0.4, -0.2) is 18.5 Å². The van der Waals surface area contributed by atoms with Crippen molar-refractivity contribution in [1.82, 2.24) is 0 Å². The first-order valence-electron chi connectivity index (χ1n) is 8.03. The Hall–Kier alpha value is -1.71. The van der Waals surface area contributed by atoms with Crippen molar-refractivity contribution in [3.8, 4) is 0 Å². The van der Waals surface area contributed by atoms with Crippen LogP contribution in [0.4, 0.5) is 17.1 Å². The maximum absolute atomic E-state index is 11.6. The molecule has 114 valence electrons. The number of nitrogens with two attached hydrogens (primary N) is 1. The van der Waals surface area contributed by atoms with Crippen molar-refractivity contribution < 1.29 is 4.79 Å². The minimum Gasteiger partial charge on any atom is -0.397 e. The summed E-state index contributed by atoms with van der Waals surface area (Å²) in [7, 11) is 0. The van der Waals surface area contributed by atoms with Crippen molar-refractivity contribution in [2.45, 2.75) is 52.0 Å². The van der Waals surface area contributed by atoms with Gasteiger partial charge in [-0.05, 0) is 49.3 Å². The fourth-order valence-corrected chi connectivity index (χ4v) is 2.97. The number of rotatable bonds is 5. The fraction of sp³-hybridized carbons (Fsp3) is 0.588. The lowest BCUT2D eigenvalue weighted by atomic mass is 10.0. The molecule has 1 aliphatic heterocycles. The van der Waals surface area contributed by atoms with Crippen LogP contribution in [0.15, 0.2) is 12.1 Å². The van der Waals surface area contributed by atoms with Crippen molar-refractivity contribution in [2.75, 3.05) is 22.5 Å². The highest BCUT2D eigenvalue weighted by Crippen LogP contribution is 2.39. The van der Waals surface area contributed by atoms with Gasteiger partial charge in [-0.25, -0.2) is 0 Å². The quantitative estimate of drug-likeness (QED) is 0.818. The van der Waals surface area contributed by atoms with Crippen molar-refractivity contribution in [3.63, 3.8) is 0 Å². The van der Waals surface area contributed by atoms with Gasteiger partial charge in [-0.15, -0.1) is 0 Å². The minimum atomic E-state index is 0.110. The van der Waals surface area contributed by atoms with E-state index in [9.17, 15) is 4.79 Å². The highest BCUT2D eigenvalue weighted by Gasteiger charge is 2.31. The molecular formula is C17H25N3O. The number of fused-ring (bicyclic) bond motifs is 1. The molecule has 4 heteroatoms. The van der Waals surface area contributed by atoms with Crippen LogP contribution in [0.1, 0.15) is 45.1 Å². The topological polar surface area (TPSA) is 58.4 Å². The smallest absolute Gasteiger partial charge is 0.224 e. The molecule has 1 heterocycles. The number of aryl methyl sites for hydroxylation is 1. The van der Waals surface area contributed by atoms with Gasteiger partial charge in [0.25, 0.3) is 0 Å². The Morgan fingerprint density at radius 2 is 2.10 bits per heavy atom. The fourth-order valence-electron chi connectivity index (χ4n) is 2.97. The minimum absolute atomic E-state index is 0.110. The summed E-state index contributed by atoms with van der Waals surface area (Å²) in [5.41, 5.74) is 10.4. The molecule has 1 fully saturated rings. The largest absolute Gasteiger partial charge is 0.397 e. The third kappa shape index (κ3) is 3.14. The molecule has 0 aromatic heterocycles. The average molecular weight is 287 g/mol. The standard InChI is InChI=1S/C17H25N3O/c1-11(2)7-8-20(13-4-5-13)16-10-15-12(9-14(16)18)3-6-17(21)19-15/h9-11,13H,3-8,18H2,1-2H3,(H,19,21). The summed E-state index contributed by atoms with van der Waals surface area (Å²) >= 11 is 0. The van der Waals surface area contributed by atoms with Gasteiger partial charge in [0.2, 0.25) is 5.91 Å². The molecule has 3 N–H and O–H groups in total. The summed E-state index contributed by atoms with van der Waals surface area (Å²) in [6, 6.07) is 4.76. The van der Waals surface area contributed by atoms with Gasteiger partial charge in [0.15, 0.2) is 0 Å². The van der Waals surface area contributed by atoms with Gasteiger partial charge in [-0.3, -0.25) is 4.79 Å². The number of benzene rings is 1. The average Bonchev–Trinajstić information content (AvgIpc) is 3.24. The highest BCUT2D eigenvalue weighted by atomic mass is 16.1. The summed E-state index contributed by atoms with van der Waals surface area (Å²) in [5.74, 6) is 0.795. The second-order valence-corrected chi connectivity index (χ2v) is 6.72. The van der Waals surface area contributed by atoms with Crippen LogP contribution in [0, 0.1) is 5.92 Å². The van der Waals surface area contributed by atoms with E-state index in [0.717, 1.165) is 35.6 Å². The zero-order valence-corrected chi connectivity index (χ0v) is 13.0. The van der Waals surface area contributed by atoms with Gasteiger partial charge in [0.1, 0.15) is 0 Å². The third-order valence-electron chi connectivity index (χ3n) is 4.39. The number of hydrogen-bond donors (Lipinski definition) is 2. The van der Waals surface area contributed by atoms with Gasteiger partial charge in [0.05, 0.1) is 11.4 Å². The van der Waals surface area contributed by atoms with Crippen molar-refractivity contribution >= 4 is 23.0 Å². The zero-order chi connectivity index (χ0) is 15.0. The van der Waals surface area contributed by atoms with E-state index >= 15 is 0 Å². The first-order valence-corrected chi connectivity index (χ1v) is 8.03. The monoisotopic (exact) mass is 287 g/mol. The lowest BCUT2D eigenvalue weighted by molar-refractivity contribution is -0.116. The Morgan fingerprint density at radius 1 is 1.33 bits per heavy atom. The molecule has 2 aliphatic rings. The van der Waals surface area contributed by atoms with Gasteiger partial charge < -0.3 is 16.0 Å². The molecule has 1 aromatic carbocycles. The number of carbonyl (C=O) groups is 1. The molecule has 1 saturated carbocycles. The Morgan fingerprint density at radius 3 is 2.76 bits per heavy atom. The van der Waals surface area contributed by atoms with E-state index < -0.39 is 0 Å². The van der Waals surface area contributed by atoms with E-state index in [2.05, 4.69) is 36.2 Å². The number of hydrogen-bond acceptors (Lipinski definition) is 3. The van der Waals surface area contributed by atoms with E-state index in [1.165, 1.54) is 19.3 Å². The Kier molecular flexibility index (Phi) is 3.79. The number of anilines is 3. The predicted molar refractivity (Wildman–Crippen MR) is 87.6 cm³/mol. The first kappa shape index (κ1) is 14.2. The molecule has 4 nitrogen and oxygen atoms in total. The number of nitrogens with one attached hydrogen (secondary N) is 1. The second-order valence-electron chi connectivity index (χ2n) is 6.72. The molecule has 1 amide bonds. The molecule has 0 saturated heterocycles. The third-order valence-corrected chi connectivity index (χ3v) is 4.39. The molecule has 1 aromatic rings. The van der Waals surface area contributed by atoms with Crippen molar-refractivity contribution in [3.05, 3.63) is 17.7 Å². The van der Waals surface area contributed by atoms with E-state index in [1.807, 2.05) is 0 Å². The first-order chi connectivity index (χ1) is 10.0. The molecule has 0 bridgehead atoms. The SMILES string of the molecule is CC(C)CCN(c1cc2c(cc1N)CCC(=O)N2)C1CC1. The van der Waals surface area contributed by atoms with E-state index in [0.29, 0.717) is 18.4 Å². The maximum atomic E-state index is 11.6. The van der Waals surface area contributed by atoms with E-state index in [-0.39, 0.29) is 5.91 Å². The molecule has 0 atom stereocenters. The lowest BCUT2D eigenvalue weighted by Gasteiger charge is -2.29. The molecular weight excluding hydrogens is 262 g/mol. The predicted octanol–water partition coefficient (Wildman–Crippen LogP) is 3.17. The number of amides is 1. The number of carbonyl (C=O) groups excluding carboxylic acids is 1. The molecule has 0 radical (unpaired) electrons. The summed E-state index contributed by atoms with van der Waals surface area (Å²) in [4.78, 5) is 14.0. The Balaban J connectivity index is 1.88. The Labute approximate surface area is 126 Å². The van der Waals surface area contributed by atoms with Crippen LogP contribution in [0.2, 0.25) is 0 Å². The van der Waals surface area contributed by atoms with Gasteiger partial charge in [-0.1, -0.05) is 13.8 Å². The molecule has 0 unspecified atom stereocenters. The Bertz CT molecular complexity index is 549. The molecule has 21 heavy (non-hydrogen) atoms. The number of nitrogen functional groups attached to an aromatic ring is 1. The second kappa shape index (κ2) is 5.58. The van der Waals surface area contributed by atoms with Crippen LogP contribution in [0.25, 0.3) is 0 Å². The zero-order valence-electron chi connectivity index (χ0n) is 13.0. The normalized spacial score (nSPS) is 17.6. The number of nitrogens with zero attached hydrogens (tertiary/aromatic N) is 1. The maximum Gasteiger partial charge on any atom is 0.224 e. The summed E-state index contributed by atoms with van der Waals surface area (Å²) in [5, 5.41) is 2.99. The molecule has 3 rings (SSSR count). The van der Waals surface area contributed by atoms with E-state index in [4.69, 9.17) is 5.73 Å². The van der Waals surface area contributed by atoms with Gasteiger partial charge in [-0.2, -0.15) is 0 Å². The molecule has 0 spiro atoms. The van der Waals surface area contributed by atoms with Crippen LogP contribution >= 0.6 is 0 Å². The van der Waals surface area contributed by atoms with Gasteiger partial charge >= 0.3 is 0 Å². The van der Waals surface area contributed by atoms with E-state index in [1.54, 1.807) is 0 Å². The van der Waals surface area contributed by atoms with Crippen LogP contribution in [0.3, 0.4) is 0 Å². The lowest BCUT2D eigenvalue weighted by Crippen LogP contribution is -2.29.